The zero-order valence-electron chi connectivity index (χ0n) is 13.4. The second kappa shape index (κ2) is 7.41. The fourth-order valence-corrected chi connectivity index (χ4v) is 5.40. The number of benzene rings is 2. The maximum atomic E-state index is 13.2. The Balaban J connectivity index is 1.79. The Morgan fingerprint density at radius 2 is 1.65 bits per heavy atom. The fourth-order valence-electron chi connectivity index (χ4n) is 3.46. The zero-order valence-corrected chi connectivity index (χ0v) is 14.2. The highest BCUT2D eigenvalue weighted by Crippen LogP contribution is 2.55. The van der Waals surface area contributed by atoms with Crippen LogP contribution < -0.4 is 0 Å². The minimum absolute atomic E-state index is 0.127. The van der Waals surface area contributed by atoms with Crippen molar-refractivity contribution in [1.29, 1.82) is 0 Å². The number of aliphatic hydroxyl groups is 1. The van der Waals surface area contributed by atoms with Crippen LogP contribution >= 0.6 is 0 Å². The number of hydrogen-bond acceptors (Lipinski definition) is 2. The van der Waals surface area contributed by atoms with E-state index in [1.807, 2.05) is 36.4 Å². The summed E-state index contributed by atoms with van der Waals surface area (Å²) in [7, 11) is -0.981. The normalized spacial score (nSPS) is 24.3. The van der Waals surface area contributed by atoms with Gasteiger partial charge in [-0.1, -0.05) is 55.0 Å². The molecule has 2 nitrogen and oxygen atoms in total. The van der Waals surface area contributed by atoms with E-state index in [1.165, 1.54) is 5.56 Å². The molecule has 0 radical (unpaired) electrons. The van der Waals surface area contributed by atoms with Crippen molar-refractivity contribution in [2.75, 3.05) is 6.61 Å². The minimum Gasteiger partial charge on any atom is -0.396 e. The van der Waals surface area contributed by atoms with Crippen LogP contribution in [0.1, 0.15) is 31.2 Å². The van der Waals surface area contributed by atoms with E-state index in [-0.39, 0.29) is 11.4 Å². The van der Waals surface area contributed by atoms with Gasteiger partial charge >= 0.3 is 0 Å². The van der Waals surface area contributed by atoms with E-state index in [9.17, 15) is 4.21 Å². The minimum atomic E-state index is -0.981. The molecule has 3 rings (SSSR count). The van der Waals surface area contributed by atoms with Crippen LogP contribution in [0.4, 0.5) is 0 Å². The van der Waals surface area contributed by atoms with Crippen LogP contribution in [0.15, 0.2) is 65.6 Å². The third-order valence-corrected chi connectivity index (χ3v) is 6.89. The summed E-state index contributed by atoms with van der Waals surface area (Å²) in [5.41, 5.74) is 1.27. The highest BCUT2D eigenvalue weighted by Gasteiger charge is 2.58. The summed E-state index contributed by atoms with van der Waals surface area (Å²) in [4.78, 5) is 0.938. The summed E-state index contributed by atoms with van der Waals surface area (Å²) >= 11 is 0. The summed E-state index contributed by atoms with van der Waals surface area (Å²) in [5, 5.41) is 8.99. The smallest absolute Gasteiger partial charge is 0.0598 e. The molecule has 0 aliphatic heterocycles. The molecule has 3 atom stereocenters. The molecule has 1 aliphatic rings. The SMILES string of the molecule is O=S(c1ccccc1)[C@@]1(Cc2ccccc2)C[C@@H]1CCCCO. The van der Waals surface area contributed by atoms with Crippen molar-refractivity contribution in [1.82, 2.24) is 0 Å². The summed E-state index contributed by atoms with van der Waals surface area (Å²) < 4.78 is 13.1. The van der Waals surface area contributed by atoms with Gasteiger partial charge in [-0.15, -0.1) is 0 Å². The summed E-state index contributed by atoms with van der Waals surface area (Å²) in [6.45, 7) is 0.250. The lowest BCUT2D eigenvalue weighted by Gasteiger charge is -2.18. The molecular weight excluding hydrogens is 304 g/mol. The van der Waals surface area contributed by atoms with Gasteiger partial charge in [-0.25, -0.2) is 0 Å². The first kappa shape index (κ1) is 16.4. The molecule has 2 aromatic carbocycles. The lowest BCUT2D eigenvalue weighted by atomic mass is 10.0. The lowest BCUT2D eigenvalue weighted by molar-refractivity contribution is 0.281. The first-order chi connectivity index (χ1) is 11.3. The predicted molar refractivity (Wildman–Crippen MR) is 94.8 cm³/mol. The van der Waals surface area contributed by atoms with Crippen molar-refractivity contribution in [3.05, 3.63) is 66.2 Å². The van der Waals surface area contributed by atoms with Gasteiger partial charge in [-0.05, 0) is 49.3 Å². The third kappa shape index (κ3) is 3.73. The molecule has 0 heterocycles. The van der Waals surface area contributed by atoms with Crippen molar-refractivity contribution in [2.45, 2.75) is 41.7 Å². The summed E-state index contributed by atoms with van der Waals surface area (Å²) in [5.74, 6) is 0.496. The van der Waals surface area contributed by atoms with Crippen molar-refractivity contribution in [3.63, 3.8) is 0 Å². The van der Waals surface area contributed by atoms with Crippen LogP contribution in [0.3, 0.4) is 0 Å². The van der Waals surface area contributed by atoms with E-state index in [4.69, 9.17) is 5.11 Å². The van der Waals surface area contributed by atoms with Crippen molar-refractivity contribution in [2.24, 2.45) is 5.92 Å². The predicted octanol–water partition coefficient (Wildman–Crippen LogP) is 3.96. The van der Waals surface area contributed by atoms with Gasteiger partial charge in [0.2, 0.25) is 0 Å². The highest BCUT2D eigenvalue weighted by molar-refractivity contribution is 7.86. The van der Waals surface area contributed by atoms with Crippen LogP contribution in [-0.4, -0.2) is 20.7 Å². The average molecular weight is 328 g/mol. The molecule has 2 aromatic rings. The second-order valence-corrected chi connectivity index (χ2v) is 8.25. The Morgan fingerprint density at radius 3 is 2.30 bits per heavy atom. The standard InChI is InChI=1S/C20H24O2S/c21-14-8-7-11-18-16-20(18,15-17-9-3-1-4-10-17)23(22)19-12-5-2-6-13-19/h1-6,9-10,12-13,18,21H,7-8,11,14-16H2/t18-,20-,23?/m0/s1. The molecule has 122 valence electrons. The van der Waals surface area contributed by atoms with Crippen LogP contribution in [0.25, 0.3) is 0 Å². The van der Waals surface area contributed by atoms with Crippen LogP contribution in [-0.2, 0) is 17.2 Å². The Bertz CT molecular complexity index is 641. The quantitative estimate of drug-likeness (QED) is 0.745. The zero-order chi connectivity index (χ0) is 16.1. The lowest BCUT2D eigenvalue weighted by Crippen LogP contribution is -2.23. The Hall–Kier alpha value is -1.45. The van der Waals surface area contributed by atoms with Crippen LogP contribution in [0, 0.1) is 5.92 Å². The van der Waals surface area contributed by atoms with E-state index in [0.717, 1.165) is 37.0 Å². The molecule has 23 heavy (non-hydrogen) atoms. The van der Waals surface area contributed by atoms with Gasteiger partial charge in [0.1, 0.15) is 0 Å². The highest BCUT2D eigenvalue weighted by atomic mass is 32.2. The maximum Gasteiger partial charge on any atom is 0.0598 e. The Labute approximate surface area is 141 Å². The summed E-state index contributed by atoms with van der Waals surface area (Å²) in [6, 6.07) is 20.2. The average Bonchev–Trinajstić information content (AvgIpc) is 3.30. The van der Waals surface area contributed by atoms with Gasteiger partial charge in [0, 0.05) is 11.5 Å². The molecule has 1 aliphatic carbocycles. The maximum absolute atomic E-state index is 13.2. The number of hydrogen-bond donors (Lipinski definition) is 1. The molecule has 0 bridgehead atoms. The monoisotopic (exact) mass is 328 g/mol. The first-order valence-electron chi connectivity index (χ1n) is 8.38. The molecular formula is C20H24O2S. The summed E-state index contributed by atoms with van der Waals surface area (Å²) in [6.07, 6.45) is 4.82. The number of unbranched alkanes of at least 4 members (excludes halogenated alkanes) is 1. The molecule has 3 heteroatoms. The van der Waals surface area contributed by atoms with E-state index in [1.54, 1.807) is 0 Å². The molecule has 1 N–H and O–H groups in total. The van der Waals surface area contributed by atoms with Gasteiger partial charge in [0.25, 0.3) is 0 Å². The van der Waals surface area contributed by atoms with E-state index >= 15 is 0 Å². The second-order valence-electron chi connectivity index (χ2n) is 6.43. The molecule has 1 unspecified atom stereocenters. The van der Waals surface area contributed by atoms with Crippen molar-refractivity contribution in [3.8, 4) is 0 Å². The number of rotatable bonds is 8. The van der Waals surface area contributed by atoms with Gasteiger partial charge in [0.15, 0.2) is 0 Å². The van der Waals surface area contributed by atoms with Gasteiger partial charge < -0.3 is 5.11 Å². The topological polar surface area (TPSA) is 37.3 Å². The molecule has 0 spiro atoms. The Kier molecular flexibility index (Phi) is 5.29. The Morgan fingerprint density at radius 1 is 1.00 bits per heavy atom. The third-order valence-electron chi connectivity index (χ3n) is 4.81. The van der Waals surface area contributed by atoms with E-state index < -0.39 is 10.8 Å². The van der Waals surface area contributed by atoms with Crippen molar-refractivity contribution >= 4 is 10.8 Å². The largest absolute Gasteiger partial charge is 0.396 e. The molecule has 0 amide bonds. The molecule has 0 saturated heterocycles. The van der Waals surface area contributed by atoms with Gasteiger partial charge in [-0.3, -0.25) is 4.21 Å². The molecule has 0 aromatic heterocycles. The molecule has 1 fully saturated rings. The van der Waals surface area contributed by atoms with E-state index in [0.29, 0.717) is 5.92 Å². The van der Waals surface area contributed by atoms with Crippen LogP contribution in [0.2, 0.25) is 0 Å². The van der Waals surface area contributed by atoms with Gasteiger partial charge in [0.05, 0.1) is 15.5 Å². The molecule has 1 saturated carbocycles. The van der Waals surface area contributed by atoms with E-state index in [2.05, 4.69) is 24.3 Å². The number of aliphatic hydroxyl groups excluding tert-OH is 1. The van der Waals surface area contributed by atoms with Gasteiger partial charge in [-0.2, -0.15) is 0 Å². The first-order valence-corrected chi connectivity index (χ1v) is 9.53. The fraction of sp³-hybridized carbons (Fsp3) is 0.400. The van der Waals surface area contributed by atoms with Crippen molar-refractivity contribution < 1.29 is 9.32 Å². The van der Waals surface area contributed by atoms with Crippen LogP contribution in [0.5, 0.6) is 0 Å².